The van der Waals surface area contributed by atoms with E-state index in [9.17, 15) is 9.59 Å². The zero-order valence-electron chi connectivity index (χ0n) is 11.5. The lowest BCUT2D eigenvalue weighted by atomic mass is 9.95. The van der Waals surface area contributed by atoms with Crippen molar-refractivity contribution in [3.8, 4) is 0 Å². The van der Waals surface area contributed by atoms with Gasteiger partial charge < -0.3 is 9.73 Å². The molecule has 0 unspecified atom stereocenters. The smallest absolute Gasteiger partial charge is 0.349 e. The molecule has 0 aliphatic heterocycles. The Morgan fingerprint density at radius 2 is 1.95 bits per heavy atom. The van der Waals surface area contributed by atoms with Crippen LogP contribution in [0.25, 0.3) is 11.0 Å². The number of fused-ring (bicyclic) bond motifs is 1. The quantitative estimate of drug-likeness (QED) is 0.864. The van der Waals surface area contributed by atoms with Crippen LogP contribution in [-0.4, -0.2) is 11.9 Å². The molecule has 1 heterocycles. The Labute approximate surface area is 127 Å². The van der Waals surface area contributed by atoms with Crippen molar-refractivity contribution in [2.45, 2.75) is 38.1 Å². The Kier molecular flexibility index (Phi) is 3.97. The van der Waals surface area contributed by atoms with Crippen LogP contribution in [0, 0.1) is 0 Å². The molecular formula is C16H16ClNO3. The van der Waals surface area contributed by atoms with Crippen LogP contribution in [0.2, 0.25) is 5.02 Å². The van der Waals surface area contributed by atoms with Gasteiger partial charge in [-0.3, -0.25) is 4.79 Å². The summed E-state index contributed by atoms with van der Waals surface area (Å²) in [6.45, 7) is 0. The topological polar surface area (TPSA) is 59.3 Å². The zero-order chi connectivity index (χ0) is 14.8. The van der Waals surface area contributed by atoms with E-state index < -0.39 is 5.63 Å². The molecule has 21 heavy (non-hydrogen) atoms. The van der Waals surface area contributed by atoms with E-state index in [1.807, 2.05) is 0 Å². The van der Waals surface area contributed by atoms with Gasteiger partial charge in [-0.05, 0) is 37.1 Å². The molecule has 1 aromatic carbocycles. The second-order valence-corrected chi connectivity index (χ2v) is 5.87. The Morgan fingerprint density at radius 1 is 1.19 bits per heavy atom. The van der Waals surface area contributed by atoms with E-state index >= 15 is 0 Å². The van der Waals surface area contributed by atoms with Crippen molar-refractivity contribution in [1.82, 2.24) is 5.32 Å². The van der Waals surface area contributed by atoms with Crippen LogP contribution in [0.5, 0.6) is 0 Å². The first-order valence-corrected chi connectivity index (χ1v) is 7.55. The molecule has 0 radical (unpaired) electrons. The van der Waals surface area contributed by atoms with Crippen molar-refractivity contribution in [1.29, 1.82) is 0 Å². The Bertz CT molecular complexity index is 732. The second kappa shape index (κ2) is 5.90. The molecule has 1 fully saturated rings. The molecule has 3 rings (SSSR count). The van der Waals surface area contributed by atoms with Crippen LogP contribution < -0.4 is 10.9 Å². The predicted molar refractivity (Wildman–Crippen MR) is 81.8 cm³/mol. The van der Waals surface area contributed by atoms with E-state index in [0.717, 1.165) is 25.7 Å². The molecule has 5 heteroatoms. The summed E-state index contributed by atoms with van der Waals surface area (Å²) in [4.78, 5) is 24.2. The maximum absolute atomic E-state index is 12.3. The average Bonchev–Trinajstić information content (AvgIpc) is 2.48. The number of hydrogen-bond donors (Lipinski definition) is 1. The van der Waals surface area contributed by atoms with Gasteiger partial charge in [0, 0.05) is 16.5 Å². The van der Waals surface area contributed by atoms with E-state index in [-0.39, 0.29) is 17.5 Å². The van der Waals surface area contributed by atoms with Gasteiger partial charge in [0.05, 0.1) is 0 Å². The van der Waals surface area contributed by atoms with Crippen LogP contribution in [0.3, 0.4) is 0 Å². The number of halogens is 1. The number of hydrogen-bond acceptors (Lipinski definition) is 3. The minimum absolute atomic E-state index is 0.0374. The summed E-state index contributed by atoms with van der Waals surface area (Å²) in [5.41, 5.74) is -0.146. The first-order chi connectivity index (χ1) is 10.1. The third-order valence-corrected chi connectivity index (χ3v) is 4.11. The minimum Gasteiger partial charge on any atom is -0.422 e. The van der Waals surface area contributed by atoms with Crippen LogP contribution in [0.15, 0.2) is 33.5 Å². The fourth-order valence-electron chi connectivity index (χ4n) is 2.76. The Hall–Kier alpha value is -1.81. The SMILES string of the molecule is O=C(NC1CCCCC1)c1cc2cc(Cl)ccc2oc1=O. The summed E-state index contributed by atoms with van der Waals surface area (Å²) in [6.07, 6.45) is 5.38. The molecule has 0 spiro atoms. The van der Waals surface area contributed by atoms with Gasteiger partial charge in [-0.1, -0.05) is 30.9 Å². The molecule has 1 saturated carbocycles. The van der Waals surface area contributed by atoms with Gasteiger partial charge in [0.2, 0.25) is 0 Å². The van der Waals surface area contributed by atoms with Gasteiger partial charge in [-0.25, -0.2) is 4.79 Å². The van der Waals surface area contributed by atoms with Gasteiger partial charge in [0.15, 0.2) is 0 Å². The van der Waals surface area contributed by atoms with Gasteiger partial charge in [-0.2, -0.15) is 0 Å². The molecule has 4 nitrogen and oxygen atoms in total. The molecule has 110 valence electrons. The van der Waals surface area contributed by atoms with E-state index in [1.165, 1.54) is 6.42 Å². The molecule has 0 atom stereocenters. The monoisotopic (exact) mass is 305 g/mol. The van der Waals surface area contributed by atoms with Crippen LogP contribution in [0.1, 0.15) is 42.5 Å². The molecule has 1 N–H and O–H groups in total. The van der Waals surface area contributed by atoms with Crippen molar-refractivity contribution >= 4 is 28.5 Å². The fourth-order valence-corrected chi connectivity index (χ4v) is 2.94. The van der Waals surface area contributed by atoms with Gasteiger partial charge in [0.25, 0.3) is 5.91 Å². The minimum atomic E-state index is -0.613. The van der Waals surface area contributed by atoms with E-state index in [2.05, 4.69) is 5.32 Å². The van der Waals surface area contributed by atoms with E-state index in [4.69, 9.17) is 16.0 Å². The summed E-state index contributed by atoms with van der Waals surface area (Å²) in [5, 5.41) is 4.11. The van der Waals surface area contributed by atoms with Crippen molar-refractivity contribution < 1.29 is 9.21 Å². The third kappa shape index (κ3) is 3.10. The van der Waals surface area contributed by atoms with Gasteiger partial charge in [0.1, 0.15) is 11.1 Å². The summed E-state index contributed by atoms with van der Waals surface area (Å²) >= 11 is 5.93. The zero-order valence-corrected chi connectivity index (χ0v) is 12.3. The molecule has 1 aliphatic carbocycles. The predicted octanol–water partition coefficient (Wildman–Crippen LogP) is 3.51. The standard InChI is InChI=1S/C16H16ClNO3/c17-11-6-7-14-10(8-11)9-13(16(20)21-14)15(19)18-12-4-2-1-3-5-12/h6-9,12H,1-5H2,(H,18,19). The first kappa shape index (κ1) is 14.1. The third-order valence-electron chi connectivity index (χ3n) is 3.88. The second-order valence-electron chi connectivity index (χ2n) is 5.44. The average molecular weight is 306 g/mol. The van der Waals surface area contributed by atoms with Crippen molar-refractivity contribution in [2.75, 3.05) is 0 Å². The summed E-state index contributed by atoms with van der Waals surface area (Å²) in [6, 6.07) is 6.65. The summed E-state index contributed by atoms with van der Waals surface area (Å²) < 4.78 is 5.18. The Morgan fingerprint density at radius 3 is 2.71 bits per heavy atom. The maximum atomic E-state index is 12.3. The van der Waals surface area contributed by atoms with Crippen molar-refractivity contribution in [2.24, 2.45) is 0 Å². The summed E-state index contributed by atoms with van der Waals surface area (Å²) in [7, 11) is 0. The fraction of sp³-hybridized carbons (Fsp3) is 0.375. The van der Waals surface area contributed by atoms with Crippen LogP contribution in [0.4, 0.5) is 0 Å². The molecule has 0 saturated heterocycles. The number of nitrogens with one attached hydrogen (secondary N) is 1. The highest BCUT2D eigenvalue weighted by Gasteiger charge is 2.19. The first-order valence-electron chi connectivity index (χ1n) is 7.18. The maximum Gasteiger partial charge on any atom is 0.349 e. The number of carbonyl (C=O) groups excluding carboxylic acids is 1. The lowest BCUT2D eigenvalue weighted by Crippen LogP contribution is -2.38. The van der Waals surface area contributed by atoms with Crippen LogP contribution in [-0.2, 0) is 0 Å². The van der Waals surface area contributed by atoms with Gasteiger partial charge >= 0.3 is 5.63 Å². The van der Waals surface area contributed by atoms with E-state index in [1.54, 1.807) is 24.3 Å². The Balaban J connectivity index is 1.89. The number of carbonyl (C=O) groups is 1. The van der Waals surface area contributed by atoms with E-state index in [0.29, 0.717) is 16.0 Å². The lowest BCUT2D eigenvalue weighted by Gasteiger charge is -2.22. The number of rotatable bonds is 2. The molecule has 2 aromatic rings. The molecule has 1 aromatic heterocycles. The normalized spacial score (nSPS) is 16.0. The van der Waals surface area contributed by atoms with Crippen molar-refractivity contribution in [3.63, 3.8) is 0 Å². The van der Waals surface area contributed by atoms with Crippen molar-refractivity contribution in [3.05, 3.63) is 45.3 Å². The molecular weight excluding hydrogens is 290 g/mol. The highest BCUT2D eigenvalue weighted by Crippen LogP contribution is 2.20. The molecule has 1 aliphatic rings. The largest absolute Gasteiger partial charge is 0.422 e. The summed E-state index contributed by atoms with van der Waals surface area (Å²) in [5.74, 6) is -0.363. The van der Waals surface area contributed by atoms with Gasteiger partial charge in [-0.15, -0.1) is 0 Å². The highest BCUT2D eigenvalue weighted by molar-refractivity contribution is 6.31. The van der Waals surface area contributed by atoms with Crippen LogP contribution >= 0.6 is 11.6 Å². The number of amides is 1. The molecule has 0 bridgehead atoms. The molecule has 1 amide bonds. The number of benzene rings is 1. The lowest BCUT2D eigenvalue weighted by molar-refractivity contribution is 0.0924. The highest BCUT2D eigenvalue weighted by atomic mass is 35.5.